The fourth-order valence-corrected chi connectivity index (χ4v) is 3.31. The second-order valence-corrected chi connectivity index (χ2v) is 7.08. The first-order valence-corrected chi connectivity index (χ1v) is 9.79. The molecule has 128 valence electrons. The Bertz CT molecular complexity index is 467. The Labute approximate surface area is 146 Å². The SMILES string of the molecule is CCCCCCCCCCCCc1ccc(SOC)cc1C#N. The van der Waals surface area contributed by atoms with Crippen LogP contribution in [0.2, 0.25) is 0 Å². The molecule has 1 aromatic carbocycles. The zero-order chi connectivity index (χ0) is 16.8. The Kier molecular flexibility index (Phi) is 11.7. The molecule has 0 aromatic heterocycles. The third kappa shape index (κ3) is 9.03. The molecule has 0 unspecified atom stereocenters. The number of hydrogen-bond acceptors (Lipinski definition) is 3. The van der Waals surface area contributed by atoms with Crippen molar-refractivity contribution in [2.24, 2.45) is 0 Å². The molecule has 0 spiro atoms. The molecule has 0 N–H and O–H groups in total. The van der Waals surface area contributed by atoms with Gasteiger partial charge in [0.2, 0.25) is 0 Å². The summed E-state index contributed by atoms with van der Waals surface area (Å²) >= 11 is 1.31. The summed E-state index contributed by atoms with van der Waals surface area (Å²) < 4.78 is 5.04. The van der Waals surface area contributed by atoms with Gasteiger partial charge in [0.1, 0.15) is 0 Å². The van der Waals surface area contributed by atoms with Crippen LogP contribution >= 0.6 is 12.0 Å². The van der Waals surface area contributed by atoms with E-state index >= 15 is 0 Å². The molecular formula is C20H31NOS. The Morgan fingerprint density at radius 3 is 2.13 bits per heavy atom. The Balaban J connectivity index is 2.15. The van der Waals surface area contributed by atoms with E-state index in [1.54, 1.807) is 7.11 Å². The van der Waals surface area contributed by atoms with Crippen LogP contribution in [0, 0.1) is 11.3 Å². The monoisotopic (exact) mass is 333 g/mol. The summed E-state index contributed by atoms with van der Waals surface area (Å²) in [6.45, 7) is 2.27. The number of rotatable bonds is 13. The fourth-order valence-electron chi connectivity index (χ4n) is 2.83. The van der Waals surface area contributed by atoms with E-state index in [1.807, 2.05) is 12.1 Å². The quantitative estimate of drug-likeness (QED) is 0.298. The average molecular weight is 334 g/mol. The predicted molar refractivity (Wildman–Crippen MR) is 99.6 cm³/mol. The zero-order valence-electron chi connectivity index (χ0n) is 14.8. The lowest BCUT2D eigenvalue weighted by molar-refractivity contribution is 0.490. The molecule has 23 heavy (non-hydrogen) atoms. The number of nitrogens with zero attached hydrogens (tertiary/aromatic N) is 1. The van der Waals surface area contributed by atoms with E-state index in [4.69, 9.17) is 4.18 Å². The minimum absolute atomic E-state index is 0.794. The zero-order valence-corrected chi connectivity index (χ0v) is 15.6. The molecule has 1 rings (SSSR count). The lowest BCUT2D eigenvalue weighted by Gasteiger charge is -2.06. The van der Waals surface area contributed by atoms with Crippen molar-refractivity contribution < 1.29 is 4.18 Å². The Morgan fingerprint density at radius 1 is 0.957 bits per heavy atom. The van der Waals surface area contributed by atoms with Gasteiger partial charge >= 0.3 is 0 Å². The molecule has 0 saturated carbocycles. The van der Waals surface area contributed by atoms with Gasteiger partial charge in [-0.25, -0.2) is 0 Å². The van der Waals surface area contributed by atoms with Crippen LogP contribution in [0.25, 0.3) is 0 Å². The normalized spacial score (nSPS) is 10.7. The van der Waals surface area contributed by atoms with Crippen LogP contribution in [-0.4, -0.2) is 7.11 Å². The standard InChI is InChI=1S/C20H31NOS/c1-3-4-5-6-7-8-9-10-11-12-13-18-14-15-20(23-22-2)16-19(18)17-21/h14-16H,3-13H2,1-2H3. The molecule has 0 atom stereocenters. The molecule has 3 heteroatoms. The van der Waals surface area contributed by atoms with E-state index in [2.05, 4.69) is 19.1 Å². The summed E-state index contributed by atoms with van der Waals surface area (Å²) in [5, 5.41) is 9.27. The van der Waals surface area contributed by atoms with Crippen molar-refractivity contribution >= 4 is 12.0 Å². The highest BCUT2D eigenvalue weighted by Crippen LogP contribution is 2.22. The second-order valence-electron chi connectivity index (χ2n) is 6.11. The van der Waals surface area contributed by atoms with Gasteiger partial charge in [0, 0.05) is 16.9 Å². The van der Waals surface area contributed by atoms with Gasteiger partial charge in [-0.2, -0.15) is 5.26 Å². The highest BCUT2D eigenvalue weighted by molar-refractivity contribution is 7.94. The van der Waals surface area contributed by atoms with Crippen LogP contribution < -0.4 is 0 Å². The maximum absolute atomic E-state index is 9.27. The number of benzene rings is 1. The van der Waals surface area contributed by atoms with E-state index in [0.29, 0.717) is 0 Å². The van der Waals surface area contributed by atoms with E-state index in [-0.39, 0.29) is 0 Å². The number of aryl methyl sites for hydroxylation is 1. The molecule has 0 heterocycles. The van der Waals surface area contributed by atoms with E-state index < -0.39 is 0 Å². The van der Waals surface area contributed by atoms with Crippen molar-refractivity contribution in [3.05, 3.63) is 29.3 Å². The topological polar surface area (TPSA) is 33.0 Å². The minimum Gasteiger partial charge on any atom is -0.314 e. The first kappa shape index (κ1) is 20.1. The van der Waals surface area contributed by atoms with Gasteiger partial charge in [0.25, 0.3) is 0 Å². The van der Waals surface area contributed by atoms with Crippen LogP contribution in [0.15, 0.2) is 23.1 Å². The van der Waals surface area contributed by atoms with Gasteiger partial charge in [0.05, 0.1) is 18.7 Å². The average Bonchev–Trinajstić information content (AvgIpc) is 2.57. The van der Waals surface area contributed by atoms with Gasteiger partial charge in [-0.05, 0) is 30.5 Å². The number of hydrogen-bond donors (Lipinski definition) is 0. The molecule has 0 aliphatic heterocycles. The second kappa shape index (κ2) is 13.5. The third-order valence-corrected chi connectivity index (χ3v) is 4.79. The van der Waals surface area contributed by atoms with Crippen molar-refractivity contribution in [3.8, 4) is 6.07 Å². The molecular weight excluding hydrogens is 302 g/mol. The largest absolute Gasteiger partial charge is 0.314 e. The maximum Gasteiger partial charge on any atom is 0.0994 e. The van der Waals surface area contributed by atoms with Crippen LogP contribution in [0.4, 0.5) is 0 Å². The smallest absolute Gasteiger partial charge is 0.0994 e. The van der Waals surface area contributed by atoms with E-state index in [1.165, 1.54) is 81.8 Å². The number of nitriles is 1. The first-order valence-electron chi connectivity index (χ1n) is 9.05. The number of unbranched alkanes of at least 4 members (excludes halogenated alkanes) is 9. The van der Waals surface area contributed by atoms with Crippen LogP contribution in [0.5, 0.6) is 0 Å². The van der Waals surface area contributed by atoms with E-state index in [9.17, 15) is 5.26 Å². The molecule has 2 nitrogen and oxygen atoms in total. The molecule has 0 aliphatic carbocycles. The molecule has 0 bridgehead atoms. The first-order chi connectivity index (χ1) is 11.3. The molecule has 0 saturated heterocycles. The summed E-state index contributed by atoms with van der Waals surface area (Å²) in [5.41, 5.74) is 1.97. The van der Waals surface area contributed by atoms with Crippen molar-refractivity contribution in [2.75, 3.05) is 7.11 Å². The third-order valence-electron chi connectivity index (χ3n) is 4.18. The highest BCUT2D eigenvalue weighted by atomic mass is 32.2. The van der Waals surface area contributed by atoms with Crippen LogP contribution in [0.3, 0.4) is 0 Å². The van der Waals surface area contributed by atoms with Gasteiger partial charge in [-0.15, -0.1) is 0 Å². The molecule has 0 amide bonds. The molecule has 0 fully saturated rings. The molecule has 0 aliphatic rings. The summed E-state index contributed by atoms with van der Waals surface area (Å²) in [5.74, 6) is 0. The Hall–Kier alpha value is -0.980. The van der Waals surface area contributed by atoms with Crippen LogP contribution in [0.1, 0.15) is 82.3 Å². The van der Waals surface area contributed by atoms with Gasteiger partial charge < -0.3 is 4.18 Å². The van der Waals surface area contributed by atoms with Gasteiger partial charge in [-0.3, -0.25) is 0 Å². The van der Waals surface area contributed by atoms with Crippen molar-refractivity contribution in [3.63, 3.8) is 0 Å². The van der Waals surface area contributed by atoms with Crippen molar-refractivity contribution in [1.82, 2.24) is 0 Å². The summed E-state index contributed by atoms with van der Waals surface area (Å²) in [6.07, 6.45) is 14.5. The lowest BCUT2D eigenvalue weighted by atomic mass is 10.0. The van der Waals surface area contributed by atoms with E-state index in [0.717, 1.165) is 16.9 Å². The fraction of sp³-hybridized carbons (Fsp3) is 0.650. The van der Waals surface area contributed by atoms with Crippen molar-refractivity contribution in [2.45, 2.75) is 82.4 Å². The minimum atomic E-state index is 0.794. The summed E-state index contributed by atoms with van der Waals surface area (Å²) in [6, 6.07) is 8.36. The highest BCUT2D eigenvalue weighted by Gasteiger charge is 2.04. The lowest BCUT2D eigenvalue weighted by Crippen LogP contribution is -1.92. The summed E-state index contributed by atoms with van der Waals surface area (Å²) in [7, 11) is 1.65. The predicted octanol–water partition coefficient (Wildman–Crippen LogP) is 6.68. The molecule has 1 aromatic rings. The molecule has 0 radical (unpaired) electrons. The van der Waals surface area contributed by atoms with Gasteiger partial charge in [0.15, 0.2) is 0 Å². The van der Waals surface area contributed by atoms with Crippen molar-refractivity contribution in [1.29, 1.82) is 5.26 Å². The Morgan fingerprint density at radius 2 is 1.57 bits per heavy atom. The van der Waals surface area contributed by atoms with Gasteiger partial charge in [-0.1, -0.05) is 70.8 Å². The van der Waals surface area contributed by atoms with Crippen LogP contribution in [-0.2, 0) is 10.6 Å². The maximum atomic E-state index is 9.27. The summed E-state index contributed by atoms with van der Waals surface area (Å²) in [4.78, 5) is 0.996.